The Kier molecular flexibility index (Phi) is 6.00. The Hall–Kier alpha value is -0.540. The third kappa shape index (κ3) is 4.68. The van der Waals surface area contributed by atoms with Crippen LogP contribution < -0.4 is 0 Å². The minimum Gasteiger partial charge on any atom is -0.339 e. The number of rotatable bonds is 5. The van der Waals surface area contributed by atoms with Crippen LogP contribution in [0.2, 0.25) is 0 Å². The van der Waals surface area contributed by atoms with Crippen LogP contribution in [0.15, 0.2) is 28.7 Å². The van der Waals surface area contributed by atoms with Crippen LogP contribution in [0.5, 0.6) is 0 Å². The molecule has 0 aliphatic carbocycles. The highest BCUT2D eigenvalue weighted by molar-refractivity contribution is 9.10. The molecule has 1 amide bonds. The maximum absolute atomic E-state index is 12.1. The summed E-state index contributed by atoms with van der Waals surface area (Å²) in [6.45, 7) is 4.61. The third-order valence-electron chi connectivity index (χ3n) is 2.51. The first-order valence-electron chi connectivity index (χ1n) is 5.64. The number of nitrogens with zero attached hydrogens (tertiary/aromatic N) is 1. The second-order valence-electron chi connectivity index (χ2n) is 4.18. The molecular formula is C13H17BrClNO. The molecule has 17 heavy (non-hydrogen) atoms. The summed E-state index contributed by atoms with van der Waals surface area (Å²) in [6.07, 6.45) is 0.425. The lowest BCUT2D eigenvalue weighted by molar-refractivity contribution is -0.131. The first-order chi connectivity index (χ1) is 8.04. The van der Waals surface area contributed by atoms with E-state index in [0.29, 0.717) is 18.8 Å². The number of carbonyl (C=O) groups excluding carboxylic acids is 1. The average Bonchev–Trinajstić information content (AvgIpc) is 2.25. The molecule has 1 rings (SSSR count). The standard InChI is InChI=1S/C13H17BrClNO/c1-10(2)16(7-6-15)13(17)9-11-4-3-5-12(14)8-11/h3-5,8,10H,6-7,9H2,1-2H3. The summed E-state index contributed by atoms with van der Waals surface area (Å²) in [4.78, 5) is 13.9. The Morgan fingerprint density at radius 3 is 2.71 bits per heavy atom. The molecule has 94 valence electrons. The van der Waals surface area contributed by atoms with Gasteiger partial charge in [-0.1, -0.05) is 28.1 Å². The molecule has 0 atom stereocenters. The van der Waals surface area contributed by atoms with Gasteiger partial charge in [-0.05, 0) is 31.5 Å². The molecular weight excluding hydrogens is 302 g/mol. The fourth-order valence-corrected chi connectivity index (χ4v) is 2.31. The summed E-state index contributed by atoms with van der Waals surface area (Å²) >= 11 is 9.11. The molecule has 1 aromatic carbocycles. The number of benzene rings is 1. The molecule has 0 fully saturated rings. The molecule has 0 unspecified atom stereocenters. The molecule has 2 nitrogen and oxygen atoms in total. The zero-order valence-corrected chi connectivity index (χ0v) is 12.5. The molecule has 0 aliphatic heterocycles. The predicted octanol–water partition coefficient (Wildman–Crippen LogP) is 3.47. The molecule has 0 saturated carbocycles. The van der Waals surface area contributed by atoms with E-state index in [9.17, 15) is 4.79 Å². The molecule has 0 bridgehead atoms. The van der Waals surface area contributed by atoms with Gasteiger partial charge in [0.1, 0.15) is 0 Å². The zero-order chi connectivity index (χ0) is 12.8. The summed E-state index contributed by atoms with van der Waals surface area (Å²) in [5, 5.41) is 0. The molecule has 0 saturated heterocycles. The van der Waals surface area contributed by atoms with Crippen molar-refractivity contribution in [2.24, 2.45) is 0 Å². The second kappa shape index (κ2) is 7.02. The van der Waals surface area contributed by atoms with Crippen molar-refractivity contribution in [3.05, 3.63) is 34.3 Å². The van der Waals surface area contributed by atoms with Crippen LogP contribution >= 0.6 is 27.5 Å². The Labute approximate surface area is 116 Å². The van der Waals surface area contributed by atoms with E-state index < -0.39 is 0 Å². The van der Waals surface area contributed by atoms with Gasteiger partial charge in [0.2, 0.25) is 5.91 Å². The van der Waals surface area contributed by atoms with E-state index in [1.54, 1.807) is 0 Å². The van der Waals surface area contributed by atoms with Gasteiger partial charge in [-0.2, -0.15) is 0 Å². The second-order valence-corrected chi connectivity index (χ2v) is 5.47. The number of amides is 1. The van der Waals surface area contributed by atoms with E-state index in [1.807, 2.05) is 43.0 Å². The molecule has 1 aromatic rings. The minimum atomic E-state index is 0.124. The number of hydrogen-bond acceptors (Lipinski definition) is 1. The van der Waals surface area contributed by atoms with Gasteiger partial charge >= 0.3 is 0 Å². The van der Waals surface area contributed by atoms with Gasteiger partial charge in [0.05, 0.1) is 6.42 Å². The maximum Gasteiger partial charge on any atom is 0.227 e. The van der Waals surface area contributed by atoms with Gasteiger partial charge in [-0.3, -0.25) is 4.79 Å². The average molecular weight is 319 g/mol. The Bertz CT molecular complexity index is 381. The lowest BCUT2D eigenvalue weighted by atomic mass is 10.1. The molecule has 0 heterocycles. The van der Waals surface area contributed by atoms with Gasteiger partial charge in [0, 0.05) is 22.9 Å². The molecule has 0 N–H and O–H groups in total. The lowest BCUT2D eigenvalue weighted by Gasteiger charge is -2.26. The van der Waals surface area contributed by atoms with E-state index in [2.05, 4.69) is 15.9 Å². The topological polar surface area (TPSA) is 20.3 Å². The first kappa shape index (κ1) is 14.5. The van der Waals surface area contributed by atoms with Crippen molar-refractivity contribution in [2.75, 3.05) is 12.4 Å². The van der Waals surface area contributed by atoms with Crippen molar-refractivity contribution in [3.63, 3.8) is 0 Å². The van der Waals surface area contributed by atoms with Crippen molar-refractivity contribution in [3.8, 4) is 0 Å². The van der Waals surface area contributed by atoms with Crippen LogP contribution in [0, 0.1) is 0 Å². The highest BCUT2D eigenvalue weighted by Gasteiger charge is 2.16. The van der Waals surface area contributed by atoms with E-state index in [-0.39, 0.29) is 11.9 Å². The molecule has 0 radical (unpaired) electrons. The van der Waals surface area contributed by atoms with E-state index >= 15 is 0 Å². The van der Waals surface area contributed by atoms with Crippen LogP contribution in [0.1, 0.15) is 19.4 Å². The molecule has 0 aromatic heterocycles. The van der Waals surface area contributed by atoms with Gasteiger partial charge in [0.15, 0.2) is 0 Å². The predicted molar refractivity (Wildman–Crippen MR) is 75.4 cm³/mol. The minimum absolute atomic E-state index is 0.124. The number of carbonyl (C=O) groups is 1. The lowest BCUT2D eigenvalue weighted by Crippen LogP contribution is -2.39. The highest BCUT2D eigenvalue weighted by atomic mass is 79.9. The number of hydrogen-bond donors (Lipinski definition) is 0. The number of halogens is 2. The normalized spacial score (nSPS) is 10.6. The van der Waals surface area contributed by atoms with Gasteiger partial charge in [0.25, 0.3) is 0 Å². The van der Waals surface area contributed by atoms with Crippen molar-refractivity contribution in [2.45, 2.75) is 26.3 Å². The van der Waals surface area contributed by atoms with Crippen molar-refractivity contribution >= 4 is 33.4 Å². The van der Waals surface area contributed by atoms with Gasteiger partial charge in [-0.15, -0.1) is 11.6 Å². The van der Waals surface area contributed by atoms with Crippen LogP contribution in [-0.2, 0) is 11.2 Å². The third-order valence-corrected chi connectivity index (χ3v) is 3.18. The SMILES string of the molecule is CC(C)N(CCCl)C(=O)Cc1cccc(Br)c1. The smallest absolute Gasteiger partial charge is 0.227 e. The highest BCUT2D eigenvalue weighted by Crippen LogP contribution is 2.13. The molecule has 0 aliphatic rings. The fourth-order valence-electron chi connectivity index (χ4n) is 1.69. The summed E-state index contributed by atoms with van der Waals surface area (Å²) in [5.74, 6) is 0.598. The Morgan fingerprint density at radius 2 is 2.18 bits per heavy atom. The zero-order valence-electron chi connectivity index (χ0n) is 10.1. The maximum atomic E-state index is 12.1. The quantitative estimate of drug-likeness (QED) is 0.761. The number of alkyl halides is 1. The Balaban J connectivity index is 2.69. The van der Waals surface area contributed by atoms with Crippen molar-refractivity contribution in [1.29, 1.82) is 0 Å². The van der Waals surface area contributed by atoms with Crippen molar-refractivity contribution < 1.29 is 4.79 Å². The molecule has 0 spiro atoms. The van der Waals surface area contributed by atoms with Crippen LogP contribution in [-0.4, -0.2) is 29.3 Å². The summed E-state index contributed by atoms with van der Waals surface area (Å²) < 4.78 is 0.997. The van der Waals surface area contributed by atoms with Crippen molar-refractivity contribution in [1.82, 2.24) is 4.90 Å². The molecule has 4 heteroatoms. The summed E-state index contributed by atoms with van der Waals surface area (Å²) in [5.41, 5.74) is 1.02. The van der Waals surface area contributed by atoms with Gasteiger partial charge < -0.3 is 4.90 Å². The van der Waals surface area contributed by atoms with Gasteiger partial charge in [-0.25, -0.2) is 0 Å². The summed E-state index contributed by atoms with van der Waals surface area (Å²) in [6, 6.07) is 8.01. The van der Waals surface area contributed by atoms with E-state index in [1.165, 1.54) is 0 Å². The first-order valence-corrected chi connectivity index (χ1v) is 6.97. The van der Waals surface area contributed by atoms with Crippen LogP contribution in [0.4, 0.5) is 0 Å². The largest absolute Gasteiger partial charge is 0.339 e. The fraction of sp³-hybridized carbons (Fsp3) is 0.462. The van der Waals surface area contributed by atoms with Crippen LogP contribution in [0.3, 0.4) is 0 Å². The van der Waals surface area contributed by atoms with E-state index in [4.69, 9.17) is 11.6 Å². The van der Waals surface area contributed by atoms with Crippen LogP contribution in [0.25, 0.3) is 0 Å². The Morgan fingerprint density at radius 1 is 1.47 bits per heavy atom. The monoisotopic (exact) mass is 317 g/mol. The summed E-state index contributed by atoms with van der Waals surface area (Å²) in [7, 11) is 0. The van der Waals surface area contributed by atoms with E-state index in [0.717, 1.165) is 10.0 Å².